The number of likely N-dealkylation sites (tertiary alicyclic amines) is 1. The van der Waals surface area contributed by atoms with Gasteiger partial charge in [-0.1, -0.05) is 0 Å². The van der Waals surface area contributed by atoms with Crippen LogP contribution >= 0.6 is 0 Å². The van der Waals surface area contributed by atoms with E-state index in [1.165, 1.54) is 0 Å². The number of terminal acetylenes is 1. The van der Waals surface area contributed by atoms with E-state index < -0.39 is 0 Å². The molecule has 0 bridgehead atoms. The standard InChI is InChI=1S/C15H23NO3/c1-3-5-6-7-10-14(17)16-11-8-9-13(12-16)15(18)19-4-2/h1,13H,4-12H2,2H3/t13-/m0/s1. The summed E-state index contributed by atoms with van der Waals surface area (Å²) in [4.78, 5) is 25.5. The van der Waals surface area contributed by atoms with Crippen molar-refractivity contribution in [2.75, 3.05) is 19.7 Å². The fraction of sp³-hybridized carbons (Fsp3) is 0.733. The zero-order chi connectivity index (χ0) is 14.1. The molecule has 1 fully saturated rings. The number of hydrogen-bond acceptors (Lipinski definition) is 3. The maximum absolute atomic E-state index is 12.0. The second-order valence-corrected chi connectivity index (χ2v) is 4.84. The van der Waals surface area contributed by atoms with Gasteiger partial charge in [0.25, 0.3) is 0 Å². The van der Waals surface area contributed by atoms with E-state index >= 15 is 0 Å². The number of nitrogens with zero attached hydrogens (tertiary/aromatic N) is 1. The fourth-order valence-corrected chi connectivity index (χ4v) is 2.32. The number of piperidine rings is 1. The predicted octanol–water partition coefficient (Wildman–Crippen LogP) is 1.98. The van der Waals surface area contributed by atoms with Gasteiger partial charge in [0.05, 0.1) is 12.5 Å². The molecule has 0 aromatic heterocycles. The molecule has 1 rings (SSSR count). The lowest BCUT2D eigenvalue weighted by molar-refractivity contribution is -0.151. The number of hydrogen-bond donors (Lipinski definition) is 0. The van der Waals surface area contributed by atoms with Gasteiger partial charge in [-0.25, -0.2) is 0 Å². The van der Waals surface area contributed by atoms with Crippen molar-refractivity contribution in [1.29, 1.82) is 0 Å². The van der Waals surface area contributed by atoms with Crippen molar-refractivity contribution in [2.45, 2.75) is 45.4 Å². The Bertz CT molecular complexity index is 346. The Labute approximate surface area is 115 Å². The summed E-state index contributed by atoms with van der Waals surface area (Å²) in [7, 11) is 0. The molecule has 19 heavy (non-hydrogen) atoms. The quantitative estimate of drug-likeness (QED) is 0.419. The topological polar surface area (TPSA) is 46.6 Å². The van der Waals surface area contributed by atoms with Crippen molar-refractivity contribution in [3.63, 3.8) is 0 Å². The molecule has 4 heteroatoms. The molecule has 0 spiro atoms. The largest absolute Gasteiger partial charge is 0.466 e. The summed E-state index contributed by atoms with van der Waals surface area (Å²) in [6, 6.07) is 0. The van der Waals surface area contributed by atoms with E-state index in [2.05, 4.69) is 5.92 Å². The fourth-order valence-electron chi connectivity index (χ4n) is 2.32. The summed E-state index contributed by atoms with van der Waals surface area (Å²) >= 11 is 0. The van der Waals surface area contributed by atoms with Gasteiger partial charge in [-0.05, 0) is 32.6 Å². The Morgan fingerprint density at radius 2 is 2.21 bits per heavy atom. The van der Waals surface area contributed by atoms with Crippen molar-refractivity contribution in [1.82, 2.24) is 4.90 Å². The van der Waals surface area contributed by atoms with Crippen molar-refractivity contribution in [3.05, 3.63) is 0 Å². The van der Waals surface area contributed by atoms with E-state index in [4.69, 9.17) is 11.2 Å². The highest BCUT2D eigenvalue weighted by Gasteiger charge is 2.28. The molecule has 106 valence electrons. The third-order valence-corrected chi connectivity index (χ3v) is 3.36. The first-order chi connectivity index (χ1) is 9.19. The van der Waals surface area contributed by atoms with Crippen molar-refractivity contribution in [3.8, 4) is 12.3 Å². The van der Waals surface area contributed by atoms with Gasteiger partial charge >= 0.3 is 5.97 Å². The van der Waals surface area contributed by atoms with Gasteiger partial charge in [-0.15, -0.1) is 12.3 Å². The average Bonchev–Trinajstić information content (AvgIpc) is 2.44. The normalized spacial score (nSPS) is 18.7. The number of amides is 1. The zero-order valence-electron chi connectivity index (χ0n) is 11.7. The third kappa shape index (κ3) is 5.34. The Morgan fingerprint density at radius 1 is 1.42 bits per heavy atom. The Kier molecular flexibility index (Phi) is 7.02. The summed E-state index contributed by atoms with van der Waals surface area (Å²) in [5.74, 6) is 2.38. The highest BCUT2D eigenvalue weighted by atomic mass is 16.5. The maximum Gasteiger partial charge on any atom is 0.310 e. The molecule has 1 saturated heterocycles. The van der Waals surface area contributed by atoms with Crippen LogP contribution in [0.2, 0.25) is 0 Å². The molecule has 0 aliphatic carbocycles. The first kappa shape index (κ1) is 15.6. The molecule has 4 nitrogen and oxygen atoms in total. The first-order valence-corrected chi connectivity index (χ1v) is 7.07. The lowest BCUT2D eigenvalue weighted by Gasteiger charge is -2.31. The number of ether oxygens (including phenoxy) is 1. The lowest BCUT2D eigenvalue weighted by Crippen LogP contribution is -2.42. The van der Waals surface area contributed by atoms with Gasteiger partial charge in [0.2, 0.25) is 5.91 Å². The SMILES string of the molecule is C#CCCCCC(=O)N1CCC[C@H](C(=O)OCC)C1. The second-order valence-electron chi connectivity index (χ2n) is 4.84. The van der Waals surface area contributed by atoms with E-state index in [0.29, 0.717) is 19.6 Å². The predicted molar refractivity (Wildman–Crippen MR) is 73.2 cm³/mol. The van der Waals surface area contributed by atoms with E-state index in [-0.39, 0.29) is 17.8 Å². The van der Waals surface area contributed by atoms with Crippen LogP contribution in [0.4, 0.5) is 0 Å². The number of carbonyl (C=O) groups excluding carboxylic acids is 2. The Morgan fingerprint density at radius 3 is 2.89 bits per heavy atom. The Balaban J connectivity index is 2.35. The van der Waals surface area contributed by atoms with Crippen LogP contribution in [0.25, 0.3) is 0 Å². The van der Waals surface area contributed by atoms with Gasteiger partial charge < -0.3 is 9.64 Å². The Hall–Kier alpha value is -1.50. The van der Waals surface area contributed by atoms with Crippen LogP contribution in [0.15, 0.2) is 0 Å². The minimum absolute atomic E-state index is 0.131. The van der Waals surface area contributed by atoms with Crippen LogP contribution in [0.5, 0.6) is 0 Å². The minimum atomic E-state index is -0.174. The second kappa shape index (κ2) is 8.58. The molecule has 0 unspecified atom stereocenters. The molecule has 0 aromatic carbocycles. The van der Waals surface area contributed by atoms with Crippen molar-refractivity contribution >= 4 is 11.9 Å². The third-order valence-electron chi connectivity index (χ3n) is 3.36. The van der Waals surface area contributed by atoms with E-state index in [9.17, 15) is 9.59 Å². The molecule has 0 aromatic rings. The van der Waals surface area contributed by atoms with Crippen LogP contribution in [-0.2, 0) is 14.3 Å². The first-order valence-electron chi connectivity index (χ1n) is 7.07. The van der Waals surface area contributed by atoms with Crippen LogP contribution in [0.3, 0.4) is 0 Å². The summed E-state index contributed by atoms with van der Waals surface area (Å²) < 4.78 is 5.02. The average molecular weight is 265 g/mol. The summed E-state index contributed by atoms with van der Waals surface area (Å²) in [6.07, 6.45) is 9.82. The molecule has 1 amide bonds. The number of rotatable bonds is 6. The van der Waals surface area contributed by atoms with Crippen LogP contribution < -0.4 is 0 Å². The van der Waals surface area contributed by atoms with E-state index in [0.717, 1.165) is 38.6 Å². The minimum Gasteiger partial charge on any atom is -0.466 e. The molecule has 0 saturated carbocycles. The highest BCUT2D eigenvalue weighted by molar-refractivity contribution is 5.78. The smallest absolute Gasteiger partial charge is 0.310 e. The van der Waals surface area contributed by atoms with Gasteiger partial charge in [0.15, 0.2) is 0 Å². The van der Waals surface area contributed by atoms with Gasteiger partial charge in [-0.3, -0.25) is 9.59 Å². The molecule has 0 radical (unpaired) electrons. The molecule has 1 aliphatic heterocycles. The molecular formula is C15H23NO3. The molecule has 1 atom stereocenters. The molecule has 0 N–H and O–H groups in total. The van der Waals surface area contributed by atoms with E-state index in [1.54, 1.807) is 11.8 Å². The lowest BCUT2D eigenvalue weighted by atomic mass is 9.97. The maximum atomic E-state index is 12.0. The summed E-state index contributed by atoms with van der Waals surface area (Å²) in [5, 5.41) is 0. The zero-order valence-corrected chi connectivity index (χ0v) is 11.7. The number of esters is 1. The van der Waals surface area contributed by atoms with Crippen LogP contribution in [-0.4, -0.2) is 36.5 Å². The van der Waals surface area contributed by atoms with Gasteiger partial charge in [0, 0.05) is 25.9 Å². The molecule has 1 heterocycles. The van der Waals surface area contributed by atoms with Gasteiger partial charge in [0.1, 0.15) is 0 Å². The van der Waals surface area contributed by atoms with Crippen LogP contribution in [0, 0.1) is 18.3 Å². The molecule has 1 aliphatic rings. The highest BCUT2D eigenvalue weighted by Crippen LogP contribution is 2.19. The van der Waals surface area contributed by atoms with Gasteiger partial charge in [-0.2, -0.15) is 0 Å². The number of unbranched alkanes of at least 4 members (excludes halogenated alkanes) is 2. The van der Waals surface area contributed by atoms with Crippen molar-refractivity contribution in [2.24, 2.45) is 5.92 Å². The van der Waals surface area contributed by atoms with Crippen molar-refractivity contribution < 1.29 is 14.3 Å². The summed E-state index contributed by atoms with van der Waals surface area (Å²) in [6.45, 7) is 3.46. The monoisotopic (exact) mass is 265 g/mol. The van der Waals surface area contributed by atoms with Crippen LogP contribution in [0.1, 0.15) is 45.4 Å². The summed E-state index contributed by atoms with van der Waals surface area (Å²) in [5.41, 5.74) is 0. The van der Waals surface area contributed by atoms with E-state index in [1.807, 2.05) is 0 Å². The molecular weight excluding hydrogens is 242 g/mol. The number of carbonyl (C=O) groups is 2.